The number of carbonyl (C=O) groups is 1. The van der Waals surface area contributed by atoms with Gasteiger partial charge in [-0.3, -0.25) is 4.79 Å². The van der Waals surface area contributed by atoms with Crippen LogP contribution in [0.25, 0.3) is 0 Å². The highest BCUT2D eigenvalue weighted by atomic mass is 127. The summed E-state index contributed by atoms with van der Waals surface area (Å²) in [4.78, 5) is 13.8. The molecule has 2 aromatic carbocycles. The molecule has 1 amide bonds. The number of nitrogens with zero attached hydrogens (tertiary/aromatic N) is 1. The van der Waals surface area contributed by atoms with E-state index in [9.17, 15) is 4.79 Å². The number of para-hydroxylation sites is 1. The minimum absolute atomic E-state index is 0.0370. The van der Waals surface area contributed by atoms with E-state index >= 15 is 0 Å². The molecular formula is C16H15IN2O. The van der Waals surface area contributed by atoms with Gasteiger partial charge in [-0.1, -0.05) is 18.2 Å². The maximum atomic E-state index is 12.1. The van der Waals surface area contributed by atoms with Crippen molar-refractivity contribution in [2.24, 2.45) is 0 Å². The molecule has 20 heavy (non-hydrogen) atoms. The third-order valence-corrected chi connectivity index (χ3v) is 4.33. The zero-order valence-corrected chi connectivity index (χ0v) is 13.3. The summed E-state index contributed by atoms with van der Waals surface area (Å²) in [7, 11) is 1.84. The molecule has 102 valence electrons. The Morgan fingerprint density at radius 1 is 1.15 bits per heavy atom. The molecule has 1 atom stereocenters. The number of hydrogen-bond acceptors (Lipinski definition) is 2. The number of fused-ring (bicyclic) bond motifs is 1. The highest BCUT2D eigenvalue weighted by Gasteiger charge is 2.28. The molecule has 1 unspecified atom stereocenters. The minimum atomic E-state index is 0.0370. The largest absolute Gasteiger partial charge is 0.378 e. The van der Waals surface area contributed by atoms with Crippen molar-refractivity contribution in [3.63, 3.8) is 0 Å². The Kier molecular flexibility index (Phi) is 3.65. The zero-order chi connectivity index (χ0) is 14.1. The van der Waals surface area contributed by atoms with E-state index in [1.807, 2.05) is 37.4 Å². The summed E-state index contributed by atoms with van der Waals surface area (Å²) in [5.41, 5.74) is 3.21. The number of halogens is 1. The lowest BCUT2D eigenvalue weighted by Crippen LogP contribution is -2.35. The number of amides is 1. The Balaban J connectivity index is 1.92. The normalized spacial score (nSPS) is 17.8. The average molecular weight is 378 g/mol. The predicted molar refractivity (Wildman–Crippen MR) is 90.0 cm³/mol. The number of benzene rings is 2. The van der Waals surface area contributed by atoms with Gasteiger partial charge >= 0.3 is 0 Å². The SMILES string of the molecule is CN1C(=O)CC(Nc2ccc(I)cc2)c2ccccc21. The fourth-order valence-electron chi connectivity index (χ4n) is 2.52. The molecule has 0 aromatic heterocycles. The van der Waals surface area contributed by atoms with Crippen LogP contribution in [0.1, 0.15) is 18.0 Å². The van der Waals surface area contributed by atoms with Crippen LogP contribution in [-0.2, 0) is 4.79 Å². The smallest absolute Gasteiger partial charge is 0.229 e. The molecule has 1 heterocycles. The zero-order valence-electron chi connectivity index (χ0n) is 11.1. The molecule has 0 bridgehead atoms. The molecule has 0 spiro atoms. The molecule has 4 heteroatoms. The number of carbonyl (C=O) groups excluding carboxylic acids is 1. The van der Waals surface area contributed by atoms with E-state index in [0.29, 0.717) is 6.42 Å². The fourth-order valence-corrected chi connectivity index (χ4v) is 2.88. The van der Waals surface area contributed by atoms with Crippen molar-refractivity contribution in [3.8, 4) is 0 Å². The second-order valence-corrected chi connectivity index (χ2v) is 6.17. The Morgan fingerprint density at radius 3 is 2.60 bits per heavy atom. The lowest BCUT2D eigenvalue weighted by molar-refractivity contribution is -0.118. The van der Waals surface area contributed by atoms with Crippen LogP contribution in [0.4, 0.5) is 11.4 Å². The molecule has 0 aliphatic carbocycles. The van der Waals surface area contributed by atoms with E-state index < -0.39 is 0 Å². The van der Waals surface area contributed by atoms with Crippen LogP contribution >= 0.6 is 22.6 Å². The van der Waals surface area contributed by atoms with E-state index in [4.69, 9.17) is 0 Å². The van der Waals surface area contributed by atoms with E-state index in [1.54, 1.807) is 4.90 Å². The van der Waals surface area contributed by atoms with Crippen LogP contribution < -0.4 is 10.2 Å². The first-order valence-corrected chi connectivity index (χ1v) is 7.60. The van der Waals surface area contributed by atoms with Crippen LogP contribution in [0.5, 0.6) is 0 Å². The number of rotatable bonds is 2. The molecule has 0 radical (unpaired) electrons. The molecule has 2 aromatic rings. The van der Waals surface area contributed by atoms with Gasteiger partial charge in [0.1, 0.15) is 0 Å². The minimum Gasteiger partial charge on any atom is -0.378 e. The van der Waals surface area contributed by atoms with E-state index in [2.05, 4.69) is 46.1 Å². The Labute approximate surface area is 132 Å². The molecule has 0 fully saturated rings. The van der Waals surface area contributed by atoms with Gasteiger partial charge in [-0.15, -0.1) is 0 Å². The van der Waals surface area contributed by atoms with Gasteiger partial charge in [-0.05, 0) is 58.5 Å². The van der Waals surface area contributed by atoms with Crippen LogP contribution in [-0.4, -0.2) is 13.0 Å². The fraction of sp³-hybridized carbons (Fsp3) is 0.188. The average Bonchev–Trinajstić information content (AvgIpc) is 2.47. The van der Waals surface area contributed by atoms with Crippen molar-refractivity contribution in [1.82, 2.24) is 0 Å². The first-order valence-electron chi connectivity index (χ1n) is 6.53. The molecule has 1 aliphatic heterocycles. The lowest BCUT2D eigenvalue weighted by Gasteiger charge is -2.32. The van der Waals surface area contributed by atoms with Crippen LogP contribution in [0.3, 0.4) is 0 Å². The van der Waals surface area contributed by atoms with Crippen molar-refractivity contribution in [3.05, 3.63) is 57.7 Å². The second kappa shape index (κ2) is 5.44. The molecule has 0 saturated heterocycles. The first-order chi connectivity index (χ1) is 9.65. The van der Waals surface area contributed by atoms with Gasteiger partial charge in [0.25, 0.3) is 0 Å². The van der Waals surface area contributed by atoms with E-state index in [0.717, 1.165) is 11.4 Å². The number of anilines is 2. The van der Waals surface area contributed by atoms with Gasteiger partial charge in [-0.25, -0.2) is 0 Å². The van der Waals surface area contributed by atoms with Gasteiger partial charge in [0.05, 0.1) is 12.5 Å². The maximum absolute atomic E-state index is 12.1. The number of hydrogen-bond donors (Lipinski definition) is 1. The van der Waals surface area contributed by atoms with E-state index in [1.165, 1.54) is 9.13 Å². The summed E-state index contributed by atoms with van der Waals surface area (Å²) in [6.07, 6.45) is 0.486. The second-order valence-electron chi connectivity index (χ2n) is 4.92. The molecule has 3 nitrogen and oxygen atoms in total. The molecule has 1 N–H and O–H groups in total. The third kappa shape index (κ3) is 2.52. The van der Waals surface area contributed by atoms with Crippen molar-refractivity contribution in [2.45, 2.75) is 12.5 Å². The summed E-state index contributed by atoms with van der Waals surface area (Å²) in [5, 5.41) is 3.46. The summed E-state index contributed by atoms with van der Waals surface area (Å²) in [6.45, 7) is 0. The summed E-state index contributed by atoms with van der Waals surface area (Å²) in [6, 6.07) is 16.3. The third-order valence-electron chi connectivity index (χ3n) is 3.61. The standard InChI is InChI=1S/C16H15IN2O/c1-19-15-5-3-2-4-13(15)14(10-16(19)20)18-12-8-6-11(17)7-9-12/h2-9,14,18H,10H2,1H3. The van der Waals surface area contributed by atoms with E-state index in [-0.39, 0.29) is 11.9 Å². The van der Waals surface area contributed by atoms with Crippen molar-refractivity contribution >= 4 is 39.9 Å². The Morgan fingerprint density at radius 2 is 1.85 bits per heavy atom. The molecule has 3 rings (SSSR count). The molecule has 1 aliphatic rings. The molecular weight excluding hydrogens is 363 g/mol. The van der Waals surface area contributed by atoms with Gasteiger partial charge in [-0.2, -0.15) is 0 Å². The topological polar surface area (TPSA) is 32.3 Å². The maximum Gasteiger partial charge on any atom is 0.229 e. The van der Waals surface area contributed by atoms with Crippen molar-refractivity contribution < 1.29 is 4.79 Å². The van der Waals surface area contributed by atoms with Gasteiger partial charge < -0.3 is 10.2 Å². The van der Waals surface area contributed by atoms with Crippen molar-refractivity contribution in [2.75, 3.05) is 17.3 Å². The summed E-state index contributed by atoms with van der Waals surface area (Å²) < 4.78 is 1.20. The first kappa shape index (κ1) is 13.4. The quantitative estimate of drug-likeness (QED) is 0.807. The summed E-state index contributed by atoms with van der Waals surface area (Å²) >= 11 is 2.28. The Hall–Kier alpha value is -1.56. The lowest BCUT2D eigenvalue weighted by atomic mass is 9.96. The van der Waals surface area contributed by atoms with Crippen molar-refractivity contribution in [1.29, 1.82) is 0 Å². The molecule has 0 saturated carbocycles. The van der Waals surface area contributed by atoms with Crippen LogP contribution in [0.15, 0.2) is 48.5 Å². The highest BCUT2D eigenvalue weighted by molar-refractivity contribution is 14.1. The summed E-state index contributed by atoms with van der Waals surface area (Å²) in [5.74, 6) is 0.145. The van der Waals surface area contributed by atoms with Crippen LogP contribution in [0.2, 0.25) is 0 Å². The highest BCUT2D eigenvalue weighted by Crippen LogP contribution is 2.35. The monoisotopic (exact) mass is 378 g/mol. The predicted octanol–water partition coefficient (Wildman–Crippen LogP) is 3.81. The van der Waals surface area contributed by atoms with Gasteiger partial charge in [0.15, 0.2) is 0 Å². The van der Waals surface area contributed by atoms with Crippen LogP contribution in [0, 0.1) is 3.57 Å². The van der Waals surface area contributed by atoms with Gasteiger partial charge in [0.2, 0.25) is 5.91 Å². The Bertz CT molecular complexity index is 639. The number of nitrogens with one attached hydrogen (secondary N) is 1. The van der Waals surface area contributed by atoms with Gasteiger partial charge in [0, 0.05) is 22.0 Å².